The topological polar surface area (TPSA) is 149 Å². The average Bonchev–Trinajstić information content (AvgIpc) is 3.58. The van der Waals surface area contributed by atoms with Gasteiger partial charge in [-0.1, -0.05) is 67.1 Å². The normalized spacial score (nSPS) is 15.6. The molecule has 1 aliphatic carbocycles. The molecule has 0 spiro atoms. The van der Waals surface area contributed by atoms with Crippen LogP contribution in [0, 0.1) is 11.8 Å². The standard InChI is InChI=1S/C40H44N4O3.C2HF3O2/c41-24-29-6-3-7-30(20-29)25-43-40(47)34-11-5-10-33(22-34)32-9-4-8-31(21-32)27-44(19-18-28-14-16-36(45)17-15-28)39(46)23-35-26-42-38-13-2-1-12-37(35)38;3-2(4,5)1(6)7/h1-2,4-5,8-17,21-22,26,29-30,42,45H,3,6-7,18-20,23-25,27,41H2,(H,43,47);(H,6,7). The first-order chi connectivity index (χ1) is 25.9. The van der Waals surface area contributed by atoms with Crippen LogP contribution in [0.3, 0.4) is 0 Å². The minimum Gasteiger partial charge on any atom is -0.508 e. The predicted octanol–water partition coefficient (Wildman–Crippen LogP) is 7.48. The Balaban J connectivity index is 0.000000730. The Hall–Kier alpha value is -5.62. The molecular formula is C42H45F3N4O5. The quantitative estimate of drug-likeness (QED) is 0.0895. The van der Waals surface area contributed by atoms with E-state index in [4.69, 9.17) is 15.6 Å². The molecule has 6 rings (SSSR count). The highest BCUT2D eigenvalue weighted by Crippen LogP contribution is 2.28. The molecule has 284 valence electrons. The molecule has 1 fully saturated rings. The Morgan fingerprint density at radius 3 is 2.28 bits per heavy atom. The number of nitrogens with one attached hydrogen (secondary N) is 2. The number of aromatic hydroxyl groups is 1. The number of fused-ring (bicyclic) bond motifs is 1. The Morgan fingerprint density at radius 2 is 1.56 bits per heavy atom. The van der Waals surface area contributed by atoms with E-state index >= 15 is 0 Å². The Labute approximate surface area is 312 Å². The van der Waals surface area contributed by atoms with Gasteiger partial charge >= 0.3 is 12.1 Å². The van der Waals surface area contributed by atoms with Crippen LogP contribution in [-0.4, -0.2) is 63.7 Å². The second kappa shape index (κ2) is 18.4. The van der Waals surface area contributed by atoms with Gasteiger partial charge < -0.3 is 31.1 Å². The number of para-hydroxylation sites is 1. The van der Waals surface area contributed by atoms with Gasteiger partial charge in [-0.25, -0.2) is 4.79 Å². The molecule has 2 amide bonds. The number of phenolic OH excluding ortho intramolecular Hbond substituents is 1. The van der Waals surface area contributed by atoms with Crippen molar-refractivity contribution in [1.82, 2.24) is 15.2 Å². The third kappa shape index (κ3) is 11.2. The number of nitrogens with two attached hydrogens (primary N) is 1. The summed E-state index contributed by atoms with van der Waals surface area (Å²) in [4.78, 5) is 41.1. The third-order valence-electron chi connectivity index (χ3n) is 9.75. The Morgan fingerprint density at radius 1 is 0.870 bits per heavy atom. The molecule has 0 radical (unpaired) electrons. The number of carbonyl (C=O) groups is 3. The molecule has 2 unspecified atom stereocenters. The minimum atomic E-state index is -5.08. The summed E-state index contributed by atoms with van der Waals surface area (Å²) in [5, 5.41) is 21.1. The van der Waals surface area contributed by atoms with E-state index in [2.05, 4.69) is 16.4 Å². The zero-order chi connectivity index (χ0) is 38.7. The molecule has 1 saturated carbocycles. The van der Waals surface area contributed by atoms with Crippen molar-refractivity contribution in [2.24, 2.45) is 17.6 Å². The summed E-state index contributed by atoms with van der Waals surface area (Å²) in [6.45, 7) is 2.40. The molecule has 0 aliphatic heterocycles. The number of carbonyl (C=O) groups excluding carboxylic acids is 2. The maximum absolute atomic E-state index is 13.8. The molecule has 0 saturated heterocycles. The van der Waals surface area contributed by atoms with Crippen molar-refractivity contribution in [3.63, 3.8) is 0 Å². The van der Waals surface area contributed by atoms with Crippen molar-refractivity contribution in [2.75, 3.05) is 19.6 Å². The van der Waals surface area contributed by atoms with Crippen LogP contribution in [0.2, 0.25) is 0 Å². The van der Waals surface area contributed by atoms with E-state index in [0.29, 0.717) is 49.9 Å². The SMILES string of the molecule is NCC1CCCC(CNC(=O)c2cccc(-c3cccc(CN(CCc4ccc(O)cc4)C(=O)Cc4c[nH]c5ccccc45)c3)c2)C1.O=C(O)C(F)(F)F. The third-order valence-corrected chi connectivity index (χ3v) is 9.75. The number of amides is 2. The van der Waals surface area contributed by atoms with Crippen molar-refractivity contribution in [2.45, 2.75) is 51.2 Å². The summed E-state index contributed by atoms with van der Waals surface area (Å²) in [5.41, 5.74) is 12.6. The number of hydrogen-bond acceptors (Lipinski definition) is 5. The van der Waals surface area contributed by atoms with Gasteiger partial charge in [0.2, 0.25) is 5.91 Å². The zero-order valence-corrected chi connectivity index (χ0v) is 29.8. The Bertz CT molecular complexity index is 2030. The van der Waals surface area contributed by atoms with E-state index in [-0.39, 0.29) is 17.6 Å². The zero-order valence-electron chi connectivity index (χ0n) is 29.8. The lowest BCUT2D eigenvalue weighted by molar-refractivity contribution is -0.192. The summed E-state index contributed by atoms with van der Waals surface area (Å²) in [5.74, 6) is -1.49. The van der Waals surface area contributed by atoms with E-state index in [9.17, 15) is 27.9 Å². The molecule has 5 aromatic rings. The molecule has 1 aliphatic rings. The van der Waals surface area contributed by atoms with E-state index in [1.807, 2.05) is 90.0 Å². The number of H-pyrrole nitrogens is 1. The van der Waals surface area contributed by atoms with Crippen LogP contribution in [-0.2, 0) is 29.0 Å². The number of rotatable bonds is 12. The number of halogens is 3. The van der Waals surface area contributed by atoms with E-state index in [0.717, 1.165) is 58.1 Å². The van der Waals surface area contributed by atoms with Gasteiger partial charge in [-0.2, -0.15) is 13.2 Å². The molecule has 4 aromatic carbocycles. The van der Waals surface area contributed by atoms with Crippen LogP contribution >= 0.6 is 0 Å². The highest BCUT2D eigenvalue weighted by atomic mass is 19.4. The highest BCUT2D eigenvalue weighted by molar-refractivity contribution is 5.95. The van der Waals surface area contributed by atoms with Crippen LogP contribution in [0.4, 0.5) is 13.2 Å². The van der Waals surface area contributed by atoms with Gasteiger partial charge in [0, 0.05) is 42.3 Å². The maximum atomic E-state index is 13.8. The second-order valence-corrected chi connectivity index (χ2v) is 13.7. The summed E-state index contributed by atoms with van der Waals surface area (Å²) < 4.78 is 31.7. The number of carboxylic acids is 1. The second-order valence-electron chi connectivity index (χ2n) is 13.7. The van der Waals surface area contributed by atoms with Crippen molar-refractivity contribution in [1.29, 1.82) is 0 Å². The number of phenols is 1. The fraction of sp³-hybridized carbons (Fsp3) is 0.310. The first-order valence-electron chi connectivity index (χ1n) is 18.0. The van der Waals surface area contributed by atoms with Crippen LogP contribution in [0.1, 0.15) is 52.7 Å². The van der Waals surface area contributed by atoms with Crippen LogP contribution in [0.15, 0.2) is 103 Å². The number of nitrogens with zero attached hydrogens (tertiary/aromatic N) is 1. The molecular weight excluding hydrogens is 697 g/mol. The van der Waals surface area contributed by atoms with Gasteiger partial charge in [-0.3, -0.25) is 9.59 Å². The smallest absolute Gasteiger partial charge is 0.490 e. The van der Waals surface area contributed by atoms with Crippen molar-refractivity contribution in [3.05, 3.63) is 126 Å². The summed E-state index contributed by atoms with van der Waals surface area (Å²) >= 11 is 0. The fourth-order valence-corrected chi connectivity index (χ4v) is 6.82. The first kappa shape index (κ1) is 39.6. The lowest BCUT2D eigenvalue weighted by atomic mass is 9.81. The number of aromatic amines is 1. The van der Waals surface area contributed by atoms with Crippen molar-refractivity contribution >= 4 is 28.7 Å². The molecule has 54 heavy (non-hydrogen) atoms. The summed E-state index contributed by atoms with van der Waals surface area (Å²) in [7, 11) is 0. The van der Waals surface area contributed by atoms with Gasteiger partial charge in [-0.05, 0) is 108 Å². The molecule has 1 aromatic heterocycles. The Kier molecular flexibility index (Phi) is 13.5. The summed E-state index contributed by atoms with van der Waals surface area (Å²) in [6, 6.07) is 31.2. The van der Waals surface area contributed by atoms with E-state index in [1.54, 1.807) is 12.1 Å². The number of aliphatic carboxylic acids is 1. The van der Waals surface area contributed by atoms with Gasteiger partial charge in [0.1, 0.15) is 5.75 Å². The molecule has 12 heteroatoms. The lowest BCUT2D eigenvalue weighted by Crippen LogP contribution is -2.33. The molecule has 9 nitrogen and oxygen atoms in total. The first-order valence-corrected chi connectivity index (χ1v) is 18.0. The highest BCUT2D eigenvalue weighted by Gasteiger charge is 2.38. The minimum absolute atomic E-state index is 0.0494. The molecule has 0 bridgehead atoms. The van der Waals surface area contributed by atoms with Crippen molar-refractivity contribution < 1.29 is 37.8 Å². The molecule has 1 heterocycles. The van der Waals surface area contributed by atoms with Gasteiger partial charge in [0.25, 0.3) is 5.91 Å². The van der Waals surface area contributed by atoms with E-state index in [1.165, 1.54) is 12.8 Å². The number of hydrogen-bond donors (Lipinski definition) is 5. The van der Waals surface area contributed by atoms with Crippen LogP contribution in [0.25, 0.3) is 22.0 Å². The maximum Gasteiger partial charge on any atom is 0.490 e. The number of alkyl halides is 3. The summed E-state index contributed by atoms with van der Waals surface area (Å²) in [6.07, 6.45) is 2.40. The van der Waals surface area contributed by atoms with Crippen LogP contribution in [0.5, 0.6) is 5.75 Å². The van der Waals surface area contributed by atoms with E-state index < -0.39 is 12.1 Å². The molecule has 2 atom stereocenters. The number of carboxylic acid groups (broad SMARTS) is 1. The average molecular weight is 743 g/mol. The van der Waals surface area contributed by atoms with Crippen molar-refractivity contribution in [3.8, 4) is 16.9 Å². The number of benzene rings is 4. The predicted molar refractivity (Wildman–Crippen MR) is 202 cm³/mol. The number of aromatic nitrogens is 1. The van der Waals surface area contributed by atoms with Gasteiger partial charge in [-0.15, -0.1) is 0 Å². The fourth-order valence-electron chi connectivity index (χ4n) is 6.82. The van der Waals surface area contributed by atoms with Crippen LogP contribution < -0.4 is 11.1 Å². The molecule has 6 N–H and O–H groups in total. The van der Waals surface area contributed by atoms with Gasteiger partial charge in [0.15, 0.2) is 0 Å². The largest absolute Gasteiger partial charge is 0.508 e. The lowest BCUT2D eigenvalue weighted by Gasteiger charge is -2.28. The van der Waals surface area contributed by atoms with Gasteiger partial charge in [0.05, 0.1) is 6.42 Å². The monoisotopic (exact) mass is 742 g/mol.